The van der Waals surface area contributed by atoms with Crippen molar-refractivity contribution < 1.29 is 19.1 Å². The van der Waals surface area contributed by atoms with Crippen LogP contribution < -0.4 is 10.1 Å². The lowest BCUT2D eigenvalue weighted by atomic mass is 9.92. The van der Waals surface area contributed by atoms with Crippen LogP contribution in [0.4, 0.5) is 4.79 Å². The molecule has 2 aromatic carbocycles. The molecule has 3 amide bonds. The second-order valence-electron chi connectivity index (χ2n) is 7.05. The normalized spacial score (nSPS) is 23.2. The molecule has 2 heterocycles. The maximum absolute atomic E-state index is 13.3. The first-order valence-electron chi connectivity index (χ1n) is 8.83. The number of hydrogen-bond acceptors (Lipinski definition) is 4. The van der Waals surface area contributed by atoms with E-state index in [9.17, 15) is 9.59 Å². The molecule has 2 aliphatic heterocycles. The van der Waals surface area contributed by atoms with Gasteiger partial charge < -0.3 is 14.8 Å². The van der Waals surface area contributed by atoms with Crippen LogP contribution in [0.5, 0.6) is 5.75 Å². The lowest BCUT2D eigenvalue weighted by Gasteiger charge is -2.24. The number of carbonyl (C=O) groups excluding carboxylic acids is 2. The number of halogens is 1. The minimum absolute atomic E-state index is 0.109. The van der Waals surface area contributed by atoms with Gasteiger partial charge in [-0.3, -0.25) is 9.69 Å². The number of ether oxygens (including phenoxy) is 2. The lowest BCUT2D eigenvalue weighted by molar-refractivity contribution is -0.132. The molecule has 1 fully saturated rings. The SMILES string of the molecule is O=C1N[C@@]2(CCc3ccccc32)C(=O)N1Cc1cc(Cl)cc2c1OCOC2. The number of nitrogens with one attached hydrogen (secondary N) is 1. The molecule has 0 aromatic heterocycles. The quantitative estimate of drug-likeness (QED) is 0.808. The van der Waals surface area contributed by atoms with Crippen LogP contribution in [-0.2, 0) is 34.6 Å². The van der Waals surface area contributed by atoms with Gasteiger partial charge in [-0.05, 0) is 36.1 Å². The topological polar surface area (TPSA) is 67.9 Å². The van der Waals surface area contributed by atoms with E-state index in [0.29, 0.717) is 29.4 Å². The summed E-state index contributed by atoms with van der Waals surface area (Å²) in [6.07, 6.45) is 1.34. The molecular weight excluding hydrogens is 368 g/mol. The summed E-state index contributed by atoms with van der Waals surface area (Å²) in [6.45, 7) is 0.636. The Balaban J connectivity index is 1.51. The monoisotopic (exact) mass is 384 g/mol. The molecule has 0 bridgehead atoms. The number of fused-ring (bicyclic) bond motifs is 3. The first kappa shape index (κ1) is 16.6. The number of urea groups is 1. The van der Waals surface area contributed by atoms with E-state index in [1.165, 1.54) is 4.90 Å². The Bertz CT molecular complexity index is 976. The van der Waals surface area contributed by atoms with Crippen LogP contribution in [0, 0.1) is 0 Å². The molecule has 1 spiro atoms. The number of rotatable bonds is 2. The van der Waals surface area contributed by atoms with Crippen molar-refractivity contribution in [2.75, 3.05) is 6.79 Å². The third-order valence-electron chi connectivity index (χ3n) is 5.50. The van der Waals surface area contributed by atoms with E-state index in [1.807, 2.05) is 24.3 Å². The highest BCUT2D eigenvalue weighted by Gasteiger charge is 2.55. The van der Waals surface area contributed by atoms with Crippen molar-refractivity contribution in [2.24, 2.45) is 0 Å². The predicted molar refractivity (Wildman–Crippen MR) is 97.3 cm³/mol. The molecular formula is C20H17ClN2O4. The van der Waals surface area contributed by atoms with Crippen molar-refractivity contribution in [1.82, 2.24) is 10.2 Å². The number of amides is 3. The zero-order valence-corrected chi connectivity index (χ0v) is 15.2. The van der Waals surface area contributed by atoms with Crippen LogP contribution in [0.3, 0.4) is 0 Å². The van der Waals surface area contributed by atoms with Crippen molar-refractivity contribution in [2.45, 2.75) is 31.5 Å². The number of imide groups is 1. The van der Waals surface area contributed by atoms with Gasteiger partial charge in [-0.25, -0.2) is 4.79 Å². The second kappa shape index (κ2) is 5.97. The van der Waals surface area contributed by atoms with Crippen molar-refractivity contribution in [3.8, 4) is 5.75 Å². The molecule has 27 heavy (non-hydrogen) atoms. The number of carbonyl (C=O) groups is 2. The molecule has 6 nitrogen and oxygen atoms in total. The fourth-order valence-corrected chi connectivity index (χ4v) is 4.54. The Morgan fingerprint density at radius 1 is 1.19 bits per heavy atom. The average Bonchev–Trinajstić information content (AvgIpc) is 3.15. The smallest absolute Gasteiger partial charge is 0.325 e. The zero-order chi connectivity index (χ0) is 18.6. The van der Waals surface area contributed by atoms with Gasteiger partial charge >= 0.3 is 6.03 Å². The van der Waals surface area contributed by atoms with Crippen LogP contribution in [-0.4, -0.2) is 23.6 Å². The van der Waals surface area contributed by atoms with E-state index in [-0.39, 0.29) is 19.2 Å². The lowest BCUT2D eigenvalue weighted by Crippen LogP contribution is -2.41. The summed E-state index contributed by atoms with van der Waals surface area (Å²) in [5.41, 5.74) is 2.55. The second-order valence-corrected chi connectivity index (χ2v) is 7.48. The van der Waals surface area contributed by atoms with Crippen molar-refractivity contribution >= 4 is 23.5 Å². The molecule has 0 saturated carbocycles. The third kappa shape index (κ3) is 2.44. The molecule has 1 N–H and O–H groups in total. The van der Waals surface area contributed by atoms with Crippen LogP contribution in [0.25, 0.3) is 0 Å². The van der Waals surface area contributed by atoms with Crippen LogP contribution in [0.1, 0.15) is 28.7 Å². The Kier molecular flexibility index (Phi) is 3.67. The molecule has 3 aliphatic rings. The summed E-state index contributed by atoms with van der Waals surface area (Å²) in [7, 11) is 0. The summed E-state index contributed by atoms with van der Waals surface area (Å²) in [5.74, 6) is 0.414. The Morgan fingerprint density at radius 2 is 2.04 bits per heavy atom. The zero-order valence-electron chi connectivity index (χ0n) is 14.5. The van der Waals surface area contributed by atoms with Gasteiger partial charge in [-0.15, -0.1) is 0 Å². The van der Waals surface area contributed by atoms with Crippen molar-refractivity contribution in [3.05, 3.63) is 63.7 Å². The number of aryl methyl sites for hydroxylation is 1. The number of benzene rings is 2. The highest BCUT2D eigenvalue weighted by Crippen LogP contribution is 2.42. The molecule has 1 saturated heterocycles. The summed E-state index contributed by atoms with van der Waals surface area (Å²) >= 11 is 6.21. The first-order chi connectivity index (χ1) is 13.1. The van der Waals surface area contributed by atoms with E-state index in [2.05, 4.69) is 5.32 Å². The van der Waals surface area contributed by atoms with Crippen molar-refractivity contribution in [3.63, 3.8) is 0 Å². The molecule has 0 radical (unpaired) electrons. The predicted octanol–water partition coefficient (Wildman–Crippen LogP) is 3.10. The molecule has 1 aliphatic carbocycles. The van der Waals surface area contributed by atoms with Gasteiger partial charge in [0.1, 0.15) is 11.3 Å². The van der Waals surface area contributed by atoms with Crippen molar-refractivity contribution in [1.29, 1.82) is 0 Å². The first-order valence-corrected chi connectivity index (χ1v) is 9.21. The Morgan fingerprint density at radius 3 is 2.93 bits per heavy atom. The van der Waals surface area contributed by atoms with Gasteiger partial charge in [-0.1, -0.05) is 35.9 Å². The average molecular weight is 385 g/mol. The highest BCUT2D eigenvalue weighted by molar-refractivity contribution is 6.30. The maximum Gasteiger partial charge on any atom is 0.325 e. The highest BCUT2D eigenvalue weighted by atomic mass is 35.5. The van der Waals surface area contributed by atoms with E-state index in [0.717, 1.165) is 23.1 Å². The van der Waals surface area contributed by atoms with Gasteiger partial charge in [0.15, 0.2) is 6.79 Å². The minimum Gasteiger partial charge on any atom is -0.467 e. The van der Waals surface area contributed by atoms with E-state index in [4.69, 9.17) is 21.1 Å². The Labute approximate surface area is 161 Å². The summed E-state index contributed by atoms with van der Waals surface area (Å²) in [6, 6.07) is 10.9. The molecule has 0 unspecified atom stereocenters. The third-order valence-corrected chi connectivity index (χ3v) is 5.72. The minimum atomic E-state index is -0.962. The Hall–Kier alpha value is -2.57. The molecule has 5 rings (SSSR count). The maximum atomic E-state index is 13.3. The molecule has 7 heteroatoms. The van der Waals surface area contributed by atoms with Crippen LogP contribution in [0.15, 0.2) is 36.4 Å². The number of nitrogens with zero attached hydrogens (tertiary/aromatic N) is 1. The van der Waals surface area contributed by atoms with Gasteiger partial charge in [0.05, 0.1) is 13.2 Å². The fraction of sp³-hybridized carbons (Fsp3) is 0.300. The van der Waals surface area contributed by atoms with E-state index in [1.54, 1.807) is 12.1 Å². The van der Waals surface area contributed by atoms with Gasteiger partial charge in [-0.2, -0.15) is 0 Å². The van der Waals surface area contributed by atoms with Gasteiger partial charge in [0.2, 0.25) is 0 Å². The summed E-state index contributed by atoms with van der Waals surface area (Å²) in [4.78, 5) is 27.3. The largest absolute Gasteiger partial charge is 0.467 e. The van der Waals surface area contributed by atoms with Gasteiger partial charge in [0.25, 0.3) is 5.91 Å². The molecule has 1 atom stereocenters. The van der Waals surface area contributed by atoms with E-state index >= 15 is 0 Å². The van der Waals surface area contributed by atoms with Gasteiger partial charge in [0, 0.05) is 16.1 Å². The molecule has 2 aromatic rings. The summed E-state index contributed by atoms with van der Waals surface area (Å²) < 4.78 is 10.9. The summed E-state index contributed by atoms with van der Waals surface area (Å²) in [5, 5.41) is 3.46. The van der Waals surface area contributed by atoms with Crippen LogP contribution in [0.2, 0.25) is 5.02 Å². The van der Waals surface area contributed by atoms with E-state index < -0.39 is 11.6 Å². The fourth-order valence-electron chi connectivity index (χ4n) is 4.28. The van der Waals surface area contributed by atoms with Crippen LogP contribution >= 0.6 is 11.6 Å². The standard InChI is InChI=1S/C20H17ClN2O4/c21-15-7-13(17-14(8-15)10-26-11-27-17)9-23-18(24)20(22-19(23)25)6-5-12-3-1-2-4-16(12)20/h1-4,7-8H,5-6,9-11H2,(H,22,25)/t20-/m1/s1. The number of hydrogen-bond donors (Lipinski definition) is 1. The molecule has 138 valence electrons.